The summed E-state index contributed by atoms with van der Waals surface area (Å²) in [6.45, 7) is 0.390. The van der Waals surface area contributed by atoms with Gasteiger partial charge in [-0.05, 0) is 37.1 Å². The van der Waals surface area contributed by atoms with Gasteiger partial charge in [0.05, 0.1) is 5.41 Å². The van der Waals surface area contributed by atoms with Crippen molar-refractivity contribution in [2.75, 3.05) is 30.9 Å². The lowest BCUT2D eigenvalue weighted by Gasteiger charge is -2.13. The molecular formula is C14H19N3O3. The number of ether oxygens (including phenoxy) is 1. The van der Waals surface area contributed by atoms with E-state index >= 15 is 0 Å². The van der Waals surface area contributed by atoms with Gasteiger partial charge in [0, 0.05) is 25.0 Å². The lowest BCUT2D eigenvalue weighted by molar-refractivity contribution is -0.121. The van der Waals surface area contributed by atoms with Gasteiger partial charge in [0.2, 0.25) is 11.8 Å². The molecule has 1 aromatic rings. The first-order valence-corrected chi connectivity index (χ1v) is 6.50. The van der Waals surface area contributed by atoms with Crippen LogP contribution in [0.15, 0.2) is 24.3 Å². The van der Waals surface area contributed by atoms with E-state index in [-0.39, 0.29) is 23.8 Å². The number of rotatable bonds is 6. The zero-order chi connectivity index (χ0) is 14.6. The number of amides is 2. The maximum atomic E-state index is 12.0. The van der Waals surface area contributed by atoms with Crippen LogP contribution < -0.4 is 16.4 Å². The van der Waals surface area contributed by atoms with Gasteiger partial charge in [-0.3, -0.25) is 9.59 Å². The van der Waals surface area contributed by atoms with Crippen molar-refractivity contribution in [2.45, 2.75) is 12.8 Å². The Morgan fingerprint density at radius 1 is 1.20 bits per heavy atom. The van der Waals surface area contributed by atoms with Crippen molar-refractivity contribution in [3.05, 3.63) is 24.3 Å². The molecule has 4 N–H and O–H groups in total. The number of methoxy groups -OCH3 is 1. The number of hydrogen-bond donors (Lipinski definition) is 3. The minimum absolute atomic E-state index is 0.0114. The second-order valence-electron chi connectivity index (χ2n) is 5.00. The van der Waals surface area contributed by atoms with E-state index in [0.717, 1.165) is 12.8 Å². The normalized spacial score (nSPS) is 15.5. The molecule has 0 radical (unpaired) electrons. The SMILES string of the molecule is COCC(=O)Nc1ccc(NC(=O)C2(CN)CC2)cc1. The first kappa shape index (κ1) is 14.5. The number of nitrogens with two attached hydrogens (primary N) is 1. The molecule has 0 aliphatic heterocycles. The second-order valence-corrected chi connectivity index (χ2v) is 5.00. The molecular weight excluding hydrogens is 258 g/mol. The fraction of sp³-hybridized carbons (Fsp3) is 0.429. The molecule has 20 heavy (non-hydrogen) atoms. The molecule has 0 heterocycles. The minimum atomic E-state index is -0.370. The molecule has 1 aliphatic carbocycles. The van der Waals surface area contributed by atoms with Gasteiger partial charge in [-0.2, -0.15) is 0 Å². The van der Waals surface area contributed by atoms with Crippen LogP contribution in [-0.4, -0.2) is 32.1 Å². The molecule has 1 saturated carbocycles. The Labute approximate surface area is 117 Å². The van der Waals surface area contributed by atoms with Crippen LogP contribution in [0.5, 0.6) is 0 Å². The first-order valence-electron chi connectivity index (χ1n) is 6.50. The van der Waals surface area contributed by atoms with E-state index < -0.39 is 0 Å². The maximum absolute atomic E-state index is 12.0. The van der Waals surface area contributed by atoms with Crippen LogP contribution in [0.2, 0.25) is 0 Å². The summed E-state index contributed by atoms with van der Waals surface area (Å²) in [6, 6.07) is 6.94. The number of carbonyl (C=O) groups excluding carboxylic acids is 2. The van der Waals surface area contributed by atoms with E-state index in [1.165, 1.54) is 7.11 Å². The van der Waals surface area contributed by atoms with E-state index in [1.807, 2.05) is 0 Å². The lowest BCUT2D eigenvalue weighted by Crippen LogP contribution is -2.30. The van der Waals surface area contributed by atoms with Crippen molar-refractivity contribution in [3.8, 4) is 0 Å². The molecule has 6 heteroatoms. The quantitative estimate of drug-likeness (QED) is 0.721. The molecule has 0 aromatic heterocycles. The molecule has 1 fully saturated rings. The fourth-order valence-electron chi connectivity index (χ4n) is 1.90. The van der Waals surface area contributed by atoms with Crippen LogP contribution >= 0.6 is 0 Å². The van der Waals surface area contributed by atoms with Gasteiger partial charge in [-0.25, -0.2) is 0 Å². The number of carbonyl (C=O) groups is 2. The summed E-state index contributed by atoms with van der Waals surface area (Å²) in [7, 11) is 1.46. The average Bonchev–Trinajstić information content (AvgIpc) is 3.22. The highest BCUT2D eigenvalue weighted by Gasteiger charge is 2.48. The largest absolute Gasteiger partial charge is 0.375 e. The lowest BCUT2D eigenvalue weighted by atomic mass is 10.1. The van der Waals surface area contributed by atoms with Crippen molar-refractivity contribution in [1.82, 2.24) is 0 Å². The molecule has 108 valence electrons. The highest BCUT2D eigenvalue weighted by atomic mass is 16.5. The predicted octanol–water partition coefficient (Wildman–Crippen LogP) is 0.949. The Bertz CT molecular complexity index is 495. The summed E-state index contributed by atoms with van der Waals surface area (Å²) in [5.41, 5.74) is 6.59. The van der Waals surface area contributed by atoms with Gasteiger partial charge in [0.1, 0.15) is 6.61 Å². The maximum Gasteiger partial charge on any atom is 0.250 e. The van der Waals surface area contributed by atoms with Gasteiger partial charge in [0.15, 0.2) is 0 Å². The smallest absolute Gasteiger partial charge is 0.250 e. The zero-order valence-corrected chi connectivity index (χ0v) is 11.4. The zero-order valence-electron chi connectivity index (χ0n) is 11.4. The first-order chi connectivity index (χ1) is 9.59. The van der Waals surface area contributed by atoms with Gasteiger partial charge in [0.25, 0.3) is 0 Å². The summed E-state index contributed by atoms with van der Waals surface area (Å²) in [5, 5.41) is 5.53. The number of anilines is 2. The molecule has 1 aliphatic rings. The monoisotopic (exact) mass is 277 g/mol. The van der Waals surface area contributed by atoms with Crippen LogP contribution in [-0.2, 0) is 14.3 Å². The van der Waals surface area contributed by atoms with Gasteiger partial charge in [-0.1, -0.05) is 0 Å². The van der Waals surface area contributed by atoms with E-state index in [1.54, 1.807) is 24.3 Å². The van der Waals surface area contributed by atoms with Gasteiger partial charge in [-0.15, -0.1) is 0 Å². The molecule has 0 saturated heterocycles. The van der Waals surface area contributed by atoms with Crippen molar-refractivity contribution in [2.24, 2.45) is 11.1 Å². The number of benzene rings is 1. The number of nitrogens with one attached hydrogen (secondary N) is 2. The molecule has 0 atom stereocenters. The van der Waals surface area contributed by atoms with Gasteiger partial charge >= 0.3 is 0 Å². The molecule has 0 spiro atoms. The predicted molar refractivity (Wildman–Crippen MR) is 76.3 cm³/mol. The van der Waals surface area contributed by atoms with Crippen LogP contribution in [0.25, 0.3) is 0 Å². The summed E-state index contributed by atoms with van der Waals surface area (Å²) in [6.07, 6.45) is 1.70. The van der Waals surface area contributed by atoms with Crippen molar-refractivity contribution in [1.29, 1.82) is 0 Å². The molecule has 6 nitrogen and oxygen atoms in total. The van der Waals surface area contributed by atoms with E-state index in [4.69, 9.17) is 10.5 Å². The Balaban J connectivity index is 1.91. The summed E-state index contributed by atoms with van der Waals surface area (Å²) >= 11 is 0. The third-order valence-electron chi connectivity index (χ3n) is 3.43. The highest BCUT2D eigenvalue weighted by Crippen LogP contribution is 2.45. The van der Waals surface area contributed by atoms with Crippen molar-refractivity contribution < 1.29 is 14.3 Å². The molecule has 0 bridgehead atoms. The van der Waals surface area contributed by atoms with Crippen LogP contribution in [0.1, 0.15) is 12.8 Å². The second kappa shape index (κ2) is 6.02. The summed E-state index contributed by atoms with van der Waals surface area (Å²) in [5.74, 6) is -0.250. The summed E-state index contributed by atoms with van der Waals surface area (Å²) < 4.78 is 4.73. The molecule has 2 rings (SSSR count). The standard InChI is InChI=1S/C14H19N3O3/c1-20-8-12(18)16-10-2-4-11(5-3-10)17-13(19)14(9-15)6-7-14/h2-5H,6-9,15H2,1H3,(H,16,18)(H,17,19). The molecule has 1 aromatic carbocycles. The Morgan fingerprint density at radius 3 is 2.20 bits per heavy atom. The average molecular weight is 277 g/mol. The highest BCUT2D eigenvalue weighted by molar-refractivity contribution is 5.97. The van der Waals surface area contributed by atoms with Crippen LogP contribution in [0, 0.1) is 5.41 Å². The Kier molecular flexibility index (Phi) is 4.36. The van der Waals surface area contributed by atoms with Crippen LogP contribution in [0.3, 0.4) is 0 Å². The Morgan fingerprint density at radius 2 is 1.75 bits per heavy atom. The molecule has 0 unspecified atom stereocenters. The summed E-state index contributed by atoms with van der Waals surface area (Å²) in [4.78, 5) is 23.3. The van der Waals surface area contributed by atoms with Gasteiger partial charge < -0.3 is 21.1 Å². The molecule has 2 amide bonds. The Hall–Kier alpha value is -1.92. The number of hydrogen-bond acceptors (Lipinski definition) is 4. The van der Waals surface area contributed by atoms with E-state index in [9.17, 15) is 9.59 Å². The third kappa shape index (κ3) is 3.34. The van der Waals surface area contributed by atoms with Crippen molar-refractivity contribution in [3.63, 3.8) is 0 Å². The van der Waals surface area contributed by atoms with E-state index in [0.29, 0.717) is 17.9 Å². The van der Waals surface area contributed by atoms with Crippen LogP contribution in [0.4, 0.5) is 11.4 Å². The third-order valence-corrected chi connectivity index (χ3v) is 3.43. The van der Waals surface area contributed by atoms with E-state index in [2.05, 4.69) is 10.6 Å². The topological polar surface area (TPSA) is 93.5 Å². The minimum Gasteiger partial charge on any atom is -0.375 e. The fourth-order valence-corrected chi connectivity index (χ4v) is 1.90. The van der Waals surface area contributed by atoms with Crippen molar-refractivity contribution >= 4 is 23.2 Å².